The number of aryl methyl sites for hydroxylation is 2. The first-order chi connectivity index (χ1) is 16.3. The van der Waals surface area contributed by atoms with E-state index in [2.05, 4.69) is 5.32 Å². The number of nitrogens with zero attached hydrogens (tertiary/aromatic N) is 1. The molecule has 1 atom stereocenters. The van der Waals surface area contributed by atoms with Crippen molar-refractivity contribution in [2.45, 2.75) is 46.6 Å². The van der Waals surface area contributed by atoms with Crippen molar-refractivity contribution in [2.24, 2.45) is 0 Å². The fraction of sp³-hybridized carbons (Fsp3) is 0.286. The molecule has 0 fully saturated rings. The van der Waals surface area contributed by atoms with Gasteiger partial charge < -0.3 is 15.3 Å². The normalized spacial score (nSPS) is 14.5. The van der Waals surface area contributed by atoms with Crippen LogP contribution < -0.4 is 10.2 Å². The number of hydrogen-bond acceptors (Lipinski definition) is 3. The van der Waals surface area contributed by atoms with Crippen molar-refractivity contribution >= 4 is 34.8 Å². The fourth-order valence-corrected chi connectivity index (χ4v) is 4.30. The van der Waals surface area contributed by atoms with Crippen molar-refractivity contribution in [1.29, 1.82) is 0 Å². The van der Waals surface area contributed by atoms with Crippen LogP contribution in [0.3, 0.4) is 0 Å². The minimum Gasteiger partial charge on any atom is -0.388 e. The van der Waals surface area contributed by atoms with Crippen LogP contribution >= 0.6 is 11.6 Å². The van der Waals surface area contributed by atoms with Crippen molar-refractivity contribution < 1.29 is 14.7 Å². The molecule has 0 aliphatic carbocycles. The first-order valence-electron chi connectivity index (χ1n) is 11.6. The van der Waals surface area contributed by atoms with E-state index >= 15 is 0 Å². The van der Waals surface area contributed by atoms with Crippen LogP contribution in [0.2, 0.25) is 5.02 Å². The van der Waals surface area contributed by atoms with Gasteiger partial charge in [0.15, 0.2) is 0 Å². The first-order valence-corrected chi connectivity index (χ1v) is 12.0. The standard InChI is InChI=1S/C26H25ClN2O3.C2H6.Rf/c1-16-6-3-4-7-20(16)25(31)28-19-10-11-21(17(2)14-19)26(32)29-13-5-8-24(30)22-15-18(27)9-12-23(22)29;1-2;/h3-4,6-7,9-12,14-15,24,30H,5,8,13H2,1-2H3,(H,28,31);1-2H3;. The van der Waals surface area contributed by atoms with E-state index in [4.69, 9.17) is 11.6 Å². The van der Waals surface area contributed by atoms with Crippen molar-refractivity contribution in [3.63, 3.8) is 0 Å². The van der Waals surface area contributed by atoms with Gasteiger partial charge in [0.25, 0.3) is 11.8 Å². The van der Waals surface area contributed by atoms with Gasteiger partial charge in [0.05, 0.1) is 6.10 Å². The Morgan fingerprint density at radius 2 is 1.69 bits per heavy atom. The Kier molecular flexibility index (Phi) is 9.15. The third kappa shape index (κ3) is 5.86. The Morgan fingerprint density at radius 1 is 0.971 bits per heavy atom. The average Bonchev–Trinajstić information content (AvgIpc) is 2.99. The molecule has 2 N–H and O–H groups in total. The number of hydrogen-bond donors (Lipinski definition) is 2. The summed E-state index contributed by atoms with van der Waals surface area (Å²) in [5, 5.41) is 13.9. The zero-order valence-electron chi connectivity index (χ0n) is 20.8. The molecule has 5 nitrogen and oxygen atoms in total. The van der Waals surface area contributed by atoms with Gasteiger partial charge in [0.2, 0.25) is 0 Å². The summed E-state index contributed by atoms with van der Waals surface area (Å²) in [7, 11) is 0. The van der Waals surface area contributed by atoms with Crippen LogP contribution in [-0.2, 0) is 0 Å². The molecule has 0 saturated carbocycles. The second kappa shape index (κ2) is 11.8. The summed E-state index contributed by atoms with van der Waals surface area (Å²) in [5.41, 5.74) is 4.81. The van der Waals surface area contributed by atoms with Crippen LogP contribution in [0, 0.1) is 13.8 Å². The molecule has 0 aromatic heterocycles. The van der Waals surface area contributed by atoms with E-state index in [9.17, 15) is 14.7 Å². The van der Waals surface area contributed by atoms with E-state index in [1.165, 1.54) is 0 Å². The van der Waals surface area contributed by atoms with Gasteiger partial charge in [0, 0.05) is 39.6 Å². The molecule has 1 aliphatic rings. The molecule has 0 saturated heterocycles. The third-order valence-electron chi connectivity index (χ3n) is 5.85. The second-order valence-electron chi connectivity index (χ2n) is 8.12. The number of anilines is 2. The van der Waals surface area contributed by atoms with Crippen LogP contribution in [0.4, 0.5) is 11.4 Å². The summed E-state index contributed by atoms with van der Waals surface area (Å²) in [6, 6.07) is 17.9. The number of aliphatic hydroxyl groups excluding tert-OH is 1. The van der Waals surface area contributed by atoms with E-state index in [0.717, 1.165) is 11.1 Å². The third-order valence-corrected chi connectivity index (χ3v) is 6.08. The molecule has 7 heteroatoms. The fourth-order valence-electron chi connectivity index (χ4n) is 4.12. The van der Waals surface area contributed by atoms with Crippen molar-refractivity contribution in [3.05, 3.63) is 93.5 Å². The van der Waals surface area contributed by atoms with Gasteiger partial charge in [0.1, 0.15) is 0 Å². The monoisotopic (exact) mass is 745 g/mol. The minimum absolute atomic E-state index is 0. The predicted molar refractivity (Wildman–Crippen MR) is 139 cm³/mol. The topological polar surface area (TPSA) is 69.6 Å². The number of carbonyl (C=O) groups is 2. The SMILES string of the molecule is CC.Cc1ccccc1C(=O)Nc1ccc(C(=O)N2CCCC(O)c3cc(Cl)ccc32)c(C)c1.[Rf]. The maximum Gasteiger partial charge on any atom is 0.258 e. The van der Waals surface area contributed by atoms with E-state index in [1.54, 1.807) is 47.4 Å². The molecule has 4 rings (SSSR count). The molecule has 180 valence electrons. The maximum atomic E-state index is 13.5. The first kappa shape index (κ1) is 27.1. The zero-order valence-corrected chi connectivity index (χ0v) is 27.9. The van der Waals surface area contributed by atoms with Gasteiger partial charge in [-0.1, -0.05) is 43.6 Å². The van der Waals surface area contributed by atoms with Crippen molar-refractivity contribution in [2.75, 3.05) is 16.8 Å². The zero-order chi connectivity index (χ0) is 24.8. The summed E-state index contributed by atoms with van der Waals surface area (Å²) in [5.74, 6) is -0.328. The van der Waals surface area contributed by atoms with Gasteiger partial charge >= 0.3 is 0 Å². The molecule has 0 radical (unpaired) electrons. The van der Waals surface area contributed by atoms with Crippen molar-refractivity contribution in [1.82, 2.24) is 0 Å². The summed E-state index contributed by atoms with van der Waals surface area (Å²) in [4.78, 5) is 27.8. The minimum atomic E-state index is -0.651. The Morgan fingerprint density at radius 3 is 2.37 bits per heavy atom. The molecule has 0 spiro atoms. The average molecular weight is 746 g/mol. The number of fused-ring (bicyclic) bond motifs is 1. The number of aliphatic hydroxyl groups is 1. The maximum absolute atomic E-state index is 13.5. The molecule has 0 bridgehead atoms. The van der Waals surface area contributed by atoms with Gasteiger partial charge in [-0.15, -0.1) is 0 Å². The van der Waals surface area contributed by atoms with Crippen molar-refractivity contribution in [3.8, 4) is 0 Å². The second-order valence-corrected chi connectivity index (χ2v) is 8.55. The van der Waals surface area contributed by atoms with Crippen LogP contribution in [0.5, 0.6) is 0 Å². The molecule has 2 amide bonds. The smallest absolute Gasteiger partial charge is 0.258 e. The summed E-state index contributed by atoms with van der Waals surface area (Å²) in [6.07, 6.45) is 0.602. The Hall–Kier alpha value is -4.15. The number of nitrogens with one attached hydrogen (secondary N) is 1. The Labute approximate surface area is 206 Å². The van der Waals surface area contributed by atoms with Gasteiger partial charge in [-0.3, -0.25) is 9.59 Å². The van der Waals surface area contributed by atoms with E-state index < -0.39 is 6.10 Å². The Bertz CT molecular complexity index is 1200. The van der Waals surface area contributed by atoms with Gasteiger partial charge in [-0.25, -0.2) is 0 Å². The molecular formula is C28H31ClN2O3Rf. The Balaban J connectivity index is 0.00000140. The molecule has 35 heavy (non-hydrogen) atoms. The quantitative estimate of drug-likeness (QED) is 0.314. The molecule has 3 aromatic rings. The predicted octanol–water partition coefficient (Wildman–Crippen LogP) is 6.71. The van der Waals surface area contributed by atoms with Crippen LogP contribution in [0.25, 0.3) is 0 Å². The number of carbonyl (C=O) groups excluding carboxylic acids is 2. The number of benzene rings is 3. The van der Waals surface area contributed by atoms with Crippen LogP contribution in [0.1, 0.15) is 70.2 Å². The van der Waals surface area contributed by atoms with Gasteiger partial charge in [-0.05, 0) is 80.3 Å². The molecule has 3 aromatic carbocycles. The van der Waals surface area contributed by atoms with Crippen LogP contribution in [-0.4, -0.2) is 23.5 Å². The number of rotatable bonds is 3. The number of amides is 2. The molecule has 1 aliphatic heterocycles. The molecule has 1 unspecified atom stereocenters. The number of halogens is 1. The van der Waals surface area contributed by atoms with Gasteiger partial charge in [-0.2, -0.15) is 0 Å². The largest absolute Gasteiger partial charge is 0.388 e. The van der Waals surface area contributed by atoms with E-state index in [1.807, 2.05) is 45.9 Å². The van der Waals surface area contributed by atoms with Crippen LogP contribution in [0.15, 0.2) is 60.7 Å². The summed E-state index contributed by atoms with van der Waals surface area (Å²) < 4.78 is 0. The van der Waals surface area contributed by atoms with E-state index in [0.29, 0.717) is 52.5 Å². The molecular weight excluding hydrogens is 715 g/mol. The van der Waals surface area contributed by atoms with E-state index in [-0.39, 0.29) is 11.8 Å². The molecule has 1 heterocycles. The summed E-state index contributed by atoms with van der Waals surface area (Å²) in [6.45, 7) is 8.26. The summed E-state index contributed by atoms with van der Waals surface area (Å²) >= 11 is 6.13.